The maximum atomic E-state index is 12.4. The Morgan fingerprint density at radius 1 is 1.45 bits per heavy atom. The van der Waals surface area contributed by atoms with E-state index in [1.165, 1.54) is 11.3 Å². The Labute approximate surface area is 123 Å². The summed E-state index contributed by atoms with van der Waals surface area (Å²) in [5, 5.41) is 14.1. The molecular formula is C14H21NO4S. The molecule has 2 N–H and O–H groups in total. The van der Waals surface area contributed by atoms with Gasteiger partial charge in [-0.3, -0.25) is 9.59 Å². The van der Waals surface area contributed by atoms with Gasteiger partial charge in [-0.25, -0.2) is 0 Å². The van der Waals surface area contributed by atoms with Crippen LogP contribution in [0, 0.1) is 0 Å². The summed E-state index contributed by atoms with van der Waals surface area (Å²) in [5.41, 5.74) is 0. The van der Waals surface area contributed by atoms with E-state index in [4.69, 9.17) is 4.74 Å². The molecule has 2 atom stereocenters. The van der Waals surface area contributed by atoms with Crippen LogP contribution in [0.25, 0.3) is 0 Å². The minimum absolute atomic E-state index is 0.0267. The lowest BCUT2D eigenvalue weighted by Crippen LogP contribution is -2.46. The Morgan fingerprint density at radius 3 is 2.70 bits per heavy atom. The van der Waals surface area contributed by atoms with Gasteiger partial charge in [0.15, 0.2) is 5.78 Å². The van der Waals surface area contributed by atoms with Crippen LogP contribution in [0.5, 0.6) is 0 Å². The molecule has 0 fully saturated rings. The third-order valence-corrected chi connectivity index (χ3v) is 3.79. The number of aliphatic hydroxyl groups excluding tert-OH is 1. The summed E-state index contributed by atoms with van der Waals surface area (Å²) in [4.78, 5) is 24.6. The number of hydrogen-bond donors (Lipinski definition) is 2. The van der Waals surface area contributed by atoms with E-state index in [-0.39, 0.29) is 31.5 Å². The van der Waals surface area contributed by atoms with Crippen molar-refractivity contribution >= 4 is 23.1 Å². The van der Waals surface area contributed by atoms with Gasteiger partial charge in [-0.2, -0.15) is 0 Å². The summed E-state index contributed by atoms with van der Waals surface area (Å²) in [7, 11) is 0. The summed E-state index contributed by atoms with van der Waals surface area (Å²) in [5.74, 6) is -0.553. The van der Waals surface area contributed by atoms with E-state index in [0.717, 1.165) is 0 Å². The first-order valence-corrected chi connectivity index (χ1v) is 7.60. The van der Waals surface area contributed by atoms with Crippen molar-refractivity contribution in [3.63, 3.8) is 0 Å². The van der Waals surface area contributed by atoms with Crippen LogP contribution >= 0.6 is 11.3 Å². The third kappa shape index (κ3) is 5.03. The van der Waals surface area contributed by atoms with E-state index in [0.29, 0.717) is 11.3 Å². The molecule has 112 valence electrons. The molecule has 5 nitrogen and oxygen atoms in total. The molecule has 0 radical (unpaired) electrons. The summed E-state index contributed by atoms with van der Waals surface area (Å²) >= 11 is 1.34. The molecule has 1 aromatic heterocycles. The van der Waals surface area contributed by atoms with E-state index in [1.54, 1.807) is 19.1 Å². The number of nitrogens with one attached hydrogen (secondary N) is 1. The summed E-state index contributed by atoms with van der Waals surface area (Å²) in [6.07, 6.45) is 0.647. The Bertz CT molecular complexity index is 415. The van der Waals surface area contributed by atoms with Crippen LogP contribution in [-0.4, -0.2) is 42.2 Å². The van der Waals surface area contributed by atoms with Crippen molar-refractivity contribution in [2.45, 2.75) is 38.8 Å². The predicted molar refractivity (Wildman–Crippen MR) is 78.0 cm³/mol. The number of ketones is 1. The summed E-state index contributed by atoms with van der Waals surface area (Å²) < 4.78 is 4.90. The van der Waals surface area contributed by atoms with Gasteiger partial charge >= 0.3 is 5.97 Å². The van der Waals surface area contributed by atoms with Gasteiger partial charge in [0.1, 0.15) is 0 Å². The van der Waals surface area contributed by atoms with Crippen LogP contribution in [0.2, 0.25) is 0 Å². The largest absolute Gasteiger partial charge is 0.466 e. The van der Waals surface area contributed by atoms with Crippen molar-refractivity contribution in [3.8, 4) is 0 Å². The highest BCUT2D eigenvalue weighted by Crippen LogP contribution is 2.14. The number of hydrogen-bond acceptors (Lipinski definition) is 6. The van der Waals surface area contributed by atoms with Crippen molar-refractivity contribution in [2.24, 2.45) is 0 Å². The van der Waals surface area contributed by atoms with Crippen molar-refractivity contribution in [3.05, 3.63) is 22.4 Å². The van der Waals surface area contributed by atoms with Crippen molar-refractivity contribution in [1.29, 1.82) is 0 Å². The number of ether oxygens (including phenoxy) is 1. The zero-order chi connectivity index (χ0) is 15.0. The number of aliphatic hydroxyl groups is 1. The molecule has 1 heterocycles. The second kappa shape index (κ2) is 8.84. The molecule has 0 aliphatic heterocycles. The predicted octanol–water partition coefficient (Wildman–Crippen LogP) is 1.61. The van der Waals surface area contributed by atoms with Crippen molar-refractivity contribution < 1.29 is 19.4 Å². The zero-order valence-electron chi connectivity index (χ0n) is 11.8. The molecule has 20 heavy (non-hydrogen) atoms. The number of carbonyl (C=O) groups is 2. The number of esters is 1. The SMILES string of the molecule is CCOC(=O)CC(NC(CC)CO)C(=O)c1cccs1. The van der Waals surface area contributed by atoms with Crippen LogP contribution in [0.1, 0.15) is 36.4 Å². The minimum Gasteiger partial charge on any atom is -0.466 e. The third-order valence-electron chi connectivity index (χ3n) is 2.91. The van der Waals surface area contributed by atoms with Crippen molar-refractivity contribution in [2.75, 3.05) is 13.2 Å². The molecule has 0 aliphatic rings. The highest BCUT2D eigenvalue weighted by molar-refractivity contribution is 7.12. The first-order chi connectivity index (χ1) is 9.62. The Kier molecular flexibility index (Phi) is 7.43. The molecule has 6 heteroatoms. The molecule has 0 amide bonds. The fraction of sp³-hybridized carbons (Fsp3) is 0.571. The molecule has 0 aliphatic carbocycles. The first-order valence-electron chi connectivity index (χ1n) is 6.72. The lowest BCUT2D eigenvalue weighted by Gasteiger charge is -2.21. The van der Waals surface area contributed by atoms with E-state index >= 15 is 0 Å². The smallest absolute Gasteiger partial charge is 0.307 e. The molecular weight excluding hydrogens is 278 g/mol. The van der Waals surface area contributed by atoms with E-state index < -0.39 is 12.0 Å². The highest BCUT2D eigenvalue weighted by atomic mass is 32.1. The topological polar surface area (TPSA) is 75.6 Å². The van der Waals surface area contributed by atoms with E-state index in [1.807, 2.05) is 12.3 Å². The van der Waals surface area contributed by atoms with Crippen LogP contribution in [0.15, 0.2) is 17.5 Å². The van der Waals surface area contributed by atoms with Crippen LogP contribution < -0.4 is 5.32 Å². The second-order valence-corrected chi connectivity index (χ2v) is 5.31. The fourth-order valence-electron chi connectivity index (χ4n) is 1.79. The quantitative estimate of drug-likeness (QED) is 0.535. The van der Waals surface area contributed by atoms with Gasteiger partial charge in [0.25, 0.3) is 0 Å². The van der Waals surface area contributed by atoms with Gasteiger partial charge < -0.3 is 15.2 Å². The lowest BCUT2D eigenvalue weighted by atomic mass is 10.1. The van der Waals surface area contributed by atoms with Crippen LogP contribution in [0.3, 0.4) is 0 Å². The summed E-state index contributed by atoms with van der Waals surface area (Å²) in [6.45, 7) is 3.85. The zero-order valence-corrected chi connectivity index (χ0v) is 12.6. The highest BCUT2D eigenvalue weighted by Gasteiger charge is 2.26. The number of Topliss-reactive ketones (excluding diaryl/α,β-unsaturated/α-hetero) is 1. The Hall–Kier alpha value is -1.24. The Morgan fingerprint density at radius 2 is 2.20 bits per heavy atom. The molecule has 1 rings (SSSR count). The summed E-state index contributed by atoms with van der Waals surface area (Å²) in [6, 6.07) is 2.65. The minimum atomic E-state index is -0.662. The molecule has 1 aromatic rings. The average Bonchev–Trinajstić information content (AvgIpc) is 2.97. The average molecular weight is 299 g/mol. The number of rotatable bonds is 9. The van der Waals surface area contributed by atoms with Crippen molar-refractivity contribution in [1.82, 2.24) is 5.32 Å². The molecule has 0 saturated carbocycles. The van der Waals surface area contributed by atoms with Gasteiger partial charge in [0.05, 0.1) is 30.6 Å². The molecule has 0 spiro atoms. The first kappa shape index (κ1) is 16.8. The van der Waals surface area contributed by atoms with E-state index in [2.05, 4.69) is 5.32 Å². The molecule has 0 aromatic carbocycles. The van der Waals surface area contributed by atoms with Gasteiger partial charge in [-0.15, -0.1) is 11.3 Å². The number of thiophene rings is 1. The second-order valence-electron chi connectivity index (χ2n) is 4.36. The molecule has 2 unspecified atom stereocenters. The normalized spacial score (nSPS) is 13.8. The van der Waals surface area contributed by atoms with Gasteiger partial charge in [-0.05, 0) is 24.8 Å². The fourth-order valence-corrected chi connectivity index (χ4v) is 2.51. The van der Waals surface area contributed by atoms with Gasteiger partial charge in [0, 0.05) is 6.04 Å². The Balaban J connectivity index is 2.77. The van der Waals surface area contributed by atoms with Crippen LogP contribution in [0.4, 0.5) is 0 Å². The van der Waals surface area contributed by atoms with E-state index in [9.17, 15) is 14.7 Å². The standard InChI is InChI=1S/C14H21NO4S/c1-3-10(9-16)15-11(8-13(17)19-4-2)14(18)12-6-5-7-20-12/h5-7,10-11,15-16H,3-4,8-9H2,1-2H3. The molecule has 0 saturated heterocycles. The van der Waals surface area contributed by atoms with Crippen LogP contribution in [-0.2, 0) is 9.53 Å². The maximum absolute atomic E-state index is 12.4. The lowest BCUT2D eigenvalue weighted by molar-refractivity contribution is -0.143. The van der Waals surface area contributed by atoms with Gasteiger partial charge in [-0.1, -0.05) is 13.0 Å². The molecule has 0 bridgehead atoms. The maximum Gasteiger partial charge on any atom is 0.307 e. The van der Waals surface area contributed by atoms with Gasteiger partial charge in [0.2, 0.25) is 0 Å². The monoisotopic (exact) mass is 299 g/mol. The number of carbonyl (C=O) groups excluding carboxylic acids is 2.